The second-order valence-corrected chi connectivity index (χ2v) is 2.87. The Balaban J connectivity index is 2.73. The summed E-state index contributed by atoms with van der Waals surface area (Å²) in [6.45, 7) is 2.07. The van der Waals surface area contributed by atoms with Gasteiger partial charge < -0.3 is 4.98 Å². The third kappa shape index (κ3) is 1.17. The highest BCUT2D eigenvalue weighted by Gasteiger charge is 2.03. The van der Waals surface area contributed by atoms with Crippen LogP contribution in [-0.4, -0.2) is 9.97 Å². The highest BCUT2D eigenvalue weighted by molar-refractivity contribution is 5.79. The number of fused-ring (bicyclic) bond motifs is 1. The Hall–Kier alpha value is -1.82. The van der Waals surface area contributed by atoms with E-state index in [9.17, 15) is 0 Å². The number of aromatic nitrogens is 2. The van der Waals surface area contributed by atoms with E-state index in [2.05, 4.69) is 16.9 Å². The maximum absolute atomic E-state index is 8.68. The van der Waals surface area contributed by atoms with Gasteiger partial charge in [-0.2, -0.15) is 5.26 Å². The first kappa shape index (κ1) is 7.81. The summed E-state index contributed by atoms with van der Waals surface area (Å²) in [5.41, 5.74) is 3.55. The molecule has 2 heterocycles. The van der Waals surface area contributed by atoms with E-state index in [4.69, 9.17) is 5.26 Å². The molecule has 3 heteroatoms. The molecule has 0 aliphatic heterocycles. The summed E-state index contributed by atoms with van der Waals surface area (Å²) >= 11 is 0. The van der Waals surface area contributed by atoms with Crippen LogP contribution in [0.25, 0.3) is 11.0 Å². The van der Waals surface area contributed by atoms with E-state index in [1.54, 1.807) is 6.07 Å². The molecule has 0 atom stereocenters. The van der Waals surface area contributed by atoms with Crippen molar-refractivity contribution in [3.05, 3.63) is 29.6 Å². The van der Waals surface area contributed by atoms with Crippen LogP contribution in [0.2, 0.25) is 0 Å². The Morgan fingerprint density at radius 3 is 3.08 bits per heavy atom. The van der Waals surface area contributed by atoms with Crippen LogP contribution in [-0.2, 0) is 6.42 Å². The van der Waals surface area contributed by atoms with Gasteiger partial charge in [-0.25, -0.2) is 4.98 Å². The van der Waals surface area contributed by atoms with Gasteiger partial charge in [0.1, 0.15) is 11.8 Å². The van der Waals surface area contributed by atoms with Crippen LogP contribution < -0.4 is 0 Å². The third-order valence-electron chi connectivity index (χ3n) is 2.10. The van der Waals surface area contributed by atoms with Crippen LogP contribution in [0.15, 0.2) is 18.3 Å². The lowest BCUT2D eigenvalue weighted by atomic mass is 10.2. The van der Waals surface area contributed by atoms with Crippen molar-refractivity contribution in [1.82, 2.24) is 9.97 Å². The first-order chi connectivity index (χ1) is 6.35. The Morgan fingerprint density at radius 2 is 2.38 bits per heavy atom. The third-order valence-corrected chi connectivity index (χ3v) is 2.10. The zero-order valence-electron chi connectivity index (χ0n) is 7.33. The molecule has 2 rings (SSSR count). The molecule has 0 amide bonds. The predicted octanol–water partition coefficient (Wildman–Crippen LogP) is 2.00. The Morgan fingerprint density at radius 1 is 1.54 bits per heavy atom. The number of H-pyrrole nitrogens is 1. The van der Waals surface area contributed by atoms with Gasteiger partial charge in [-0.1, -0.05) is 6.92 Å². The molecule has 0 aromatic carbocycles. The first-order valence-corrected chi connectivity index (χ1v) is 4.22. The number of pyridine rings is 1. The second kappa shape index (κ2) is 2.91. The summed E-state index contributed by atoms with van der Waals surface area (Å²) in [6, 6.07) is 5.64. The van der Waals surface area contributed by atoms with Crippen molar-refractivity contribution in [3.63, 3.8) is 0 Å². The summed E-state index contributed by atoms with van der Waals surface area (Å²) in [5, 5.41) is 8.68. The van der Waals surface area contributed by atoms with Crippen LogP contribution in [0.5, 0.6) is 0 Å². The normalized spacial score (nSPS) is 10.2. The number of hydrogen-bond acceptors (Lipinski definition) is 2. The molecule has 64 valence electrons. The quantitative estimate of drug-likeness (QED) is 0.713. The lowest BCUT2D eigenvalue weighted by molar-refractivity contribution is 1.14. The van der Waals surface area contributed by atoms with Crippen LogP contribution in [0.1, 0.15) is 18.2 Å². The summed E-state index contributed by atoms with van der Waals surface area (Å²) in [4.78, 5) is 7.35. The zero-order chi connectivity index (χ0) is 9.26. The van der Waals surface area contributed by atoms with E-state index in [0.717, 1.165) is 23.0 Å². The molecule has 0 unspecified atom stereocenters. The molecule has 0 saturated heterocycles. The SMILES string of the molecule is CCc1c[nH]c2ccc(C#N)nc12. The van der Waals surface area contributed by atoms with Gasteiger partial charge in [0.25, 0.3) is 0 Å². The van der Waals surface area contributed by atoms with Gasteiger partial charge in [-0.05, 0) is 24.1 Å². The second-order valence-electron chi connectivity index (χ2n) is 2.87. The van der Waals surface area contributed by atoms with Gasteiger partial charge in [0.2, 0.25) is 0 Å². The van der Waals surface area contributed by atoms with Crippen molar-refractivity contribution in [2.45, 2.75) is 13.3 Å². The molecule has 13 heavy (non-hydrogen) atoms. The number of nitrogens with zero attached hydrogens (tertiary/aromatic N) is 2. The van der Waals surface area contributed by atoms with E-state index in [1.165, 1.54) is 0 Å². The Labute approximate surface area is 76.0 Å². The molecule has 0 radical (unpaired) electrons. The standard InChI is InChI=1S/C10H9N3/c1-2-7-6-12-9-4-3-8(5-11)13-10(7)9/h3-4,6,12H,2H2,1H3. The van der Waals surface area contributed by atoms with Crippen molar-refractivity contribution in [2.75, 3.05) is 0 Å². The number of aromatic amines is 1. The maximum atomic E-state index is 8.68. The fourth-order valence-corrected chi connectivity index (χ4v) is 1.39. The molecule has 2 aromatic rings. The number of aryl methyl sites for hydroxylation is 1. The molecular formula is C10H9N3. The van der Waals surface area contributed by atoms with Crippen molar-refractivity contribution in [2.24, 2.45) is 0 Å². The molecule has 0 aliphatic carbocycles. The summed E-state index contributed by atoms with van der Waals surface area (Å²) in [6.07, 6.45) is 2.88. The number of nitriles is 1. The van der Waals surface area contributed by atoms with Crippen LogP contribution in [0.4, 0.5) is 0 Å². The van der Waals surface area contributed by atoms with Gasteiger partial charge in [0.15, 0.2) is 0 Å². The monoisotopic (exact) mass is 171 g/mol. The predicted molar refractivity (Wildman–Crippen MR) is 50.2 cm³/mol. The smallest absolute Gasteiger partial charge is 0.141 e. The fraction of sp³-hybridized carbons (Fsp3) is 0.200. The van der Waals surface area contributed by atoms with Gasteiger partial charge in [-0.15, -0.1) is 0 Å². The Kier molecular flexibility index (Phi) is 1.75. The lowest BCUT2D eigenvalue weighted by Crippen LogP contribution is -1.84. The largest absolute Gasteiger partial charge is 0.360 e. The number of rotatable bonds is 1. The fourth-order valence-electron chi connectivity index (χ4n) is 1.39. The number of nitrogens with one attached hydrogen (secondary N) is 1. The summed E-state index contributed by atoms with van der Waals surface area (Å²) < 4.78 is 0. The van der Waals surface area contributed by atoms with Crippen LogP contribution in [0, 0.1) is 11.3 Å². The van der Waals surface area contributed by atoms with E-state index in [1.807, 2.05) is 18.3 Å². The molecule has 3 nitrogen and oxygen atoms in total. The van der Waals surface area contributed by atoms with Crippen molar-refractivity contribution >= 4 is 11.0 Å². The minimum absolute atomic E-state index is 0.474. The van der Waals surface area contributed by atoms with Gasteiger partial charge in [0.05, 0.1) is 11.0 Å². The van der Waals surface area contributed by atoms with Crippen molar-refractivity contribution < 1.29 is 0 Å². The zero-order valence-corrected chi connectivity index (χ0v) is 7.33. The molecule has 0 spiro atoms. The molecule has 1 N–H and O–H groups in total. The maximum Gasteiger partial charge on any atom is 0.141 e. The average molecular weight is 171 g/mol. The summed E-state index contributed by atoms with van der Waals surface area (Å²) in [5.74, 6) is 0. The van der Waals surface area contributed by atoms with Crippen LogP contribution in [0.3, 0.4) is 0 Å². The van der Waals surface area contributed by atoms with E-state index in [-0.39, 0.29) is 0 Å². The van der Waals surface area contributed by atoms with E-state index in [0.29, 0.717) is 5.69 Å². The van der Waals surface area contributed by atoms with E-state index < -0.39 is 0 Å². The number of hydrogen-bond donors (Lipinski definition) is 1. The van der Waals surface area contributed by atoms with Gasteiger partial charge >= 0.3 is 0 Å². The summed E-state index contributed by atoms with van der Waals surface area (Å²) in [7, 11) is 0. The highest BCUT2D eigenvalue weighted by Crippen LogP contribution is 2.16. The van der Waals surface area contributed by atoms with Gasteiger partial charge in [0, 0.05) is 6.20 Å². The van der Waals surface area contributed by atoms with Crippen molar-refractivity contribution in [1.29, 1.82) is 5.26 Å². The molecule has 0 saturated carbocycles. The highest BCUT2D eigenvalue weighted by atomic mass is 14.8. The van der Waals surface area contributed by atoms with Crippen molar-refractivity contribution in [3.8, 4) is 6.07 Å². The molecule has 2 aromatic heterocycles. The minimum atomic E-state index is 0.474. The lowest BCUT2D eigenvalue weighted by Gasteiger charge is -1.92. The molecular weight excluding hydrogens is 162 g/mol. The van der Waals surface area contributed by atoms with E-state index >= 15 is 0 Å². The first-order valence-electron chi connectivity index (χ1n) is 4.22. The minimum Gasteiger partial charge on any atom is -0.360 e. The molecule has 0 bridgehead atoms. The van der Waals surface area contributed by atoms with Gasteiger partial charge in [-0.3, -0.25) is 0 Å². The topological polar surface area (TPSA) is 52.5 Å². The average Bonchev–Trinajstić information content (AvgIpc) is 2.59. The molecule has 0 aliphatic rings. The Bertz CT molecular complexity index is 476. The van der Waals surface area contributed by atoms with Crippen LogP contribution >= 0.6 is 0 Å². The molecule has 0 fully saturated rings.